The summed E-state index contributed by atoms with van der Waals surface area (Å²) in [5.74, 6) is 0.104. The Morgan fingerprint density at radius 1 is 1.24 bits per heavy atom. The lowest BCUT2D eigenvalue weighted by Crippen LogP contribution is -2.48. The standard InChI is InChI=1S/C26H30N2O5S/c1-17-14-23(33-2)21(20-8-11-27-24(17)20)16-28-12-10-26(9-3-13-34(26,31)32)15-22(28)18-4-6-19(7-5-18)25(29)30/h4-8,11,14,22,27H,3,9-10,12-13,15-16H2,1-2H3,(H,29,30)/t22-,26?/m0/s1. The molecule has 2 atom stereocenters. The molecule has 0 amide bonds. The first kappa shape index (κ1) is 22.9. The molecular formula is C26H30N2O5S. The molecule has 7 nitrogen and oxygen atoms in total. The summed E-state index contributed by atoms with van der Waals surface area (Å²) in [6.07, 6.45) is 4.47. The predicted octanol–water partition coefficient (Wildman–Crippen LogP) is 4.47. The number of rotatable bonds is 5. The number of nitrogens with zero attached hydrogens (tertiary/aromatic N) is 1. The van der Waals surface area contributed by atoms with Crippen molar-refractivity contribution < 1.29 is 23.1 Å². The van der Waals surface area contributed by atoms with Gasteiger partial charge in [-0.05, 0) is 68.0 Å². The number of aromatic amines is 1. The topological polar surface area (TPSA) is 99.7 Å². The van der Waals surface area contributed by atoms with Crippen molar-refractivity contribution in [3.8, 4) is 5.75 Å². The number of aromatic carboxylic acids is 1. The zero-order chi connectivity index (χ0) is 24.1. The number of hydrogen-bond acceptors (Lipinski definition) is 5. The number of carbonyl (C=O) groups is 1. The van der Waals surface area contributed by atoms with Gasteiger partial charge < -0.3 is 14.8 Å². The van der Waals surface area contributed by atoms with Crippen molar-refractivity contribution in [3.05, 3.63) is 64.8 Å². The van der Waals surface area contributed by atoms with E-state index in [2.05, 4.69) is 16.0 Å². The number of benzene rings is 2. The van der Waals surface area contributed by atoms with Gasteiger partial charge in [0.25, 0.3) is 0 Å². The second-order valence-electron chi connectivity index (χ2n) is 9.61. The van der Waals surface area contributed by atoms with E-state index in [1.165, 1.54) is 0 Å². The summed E-state index contributed by atoms with van der Waals surface area (Å²) < 4.78 is 31.2. The van der Waals surface area contributed by atoms with Crippen molar-refractivity contribution in [1.29, 1.82) is 0 Å². The van der Waals surface area contributed by atoms with E-state index in [9.17, 15) is 18.3 Å². The van der Waals surface area contributed by atoms with Crippen LogP contribution in [0.1, 0.15) is 58.8 Å². The average Bonchev–Trinajstić information content (AvgIpc) is 3.42. The molecule has 1 aromatic heterocycles. The third-order valence-corrected chi connectivity index (χ3v) is 10.5. The van der Waals surface area contributed by atoms with Crippen LogP contribution >= 0.6 is 0 Å². The van der Waals surface area contributed by atoms with Gasteiger partial charge >= 0.3 is 5.97 Å². The van der Waals surface area contributed by atoms with Crippen molar-refractivity contribution in [2.45, 2.75) is 49.9 Å². The Labute approximate surface area is 199 Å². The molecule has 5 rings (SSSR count). The fourth-order valence-electron chi connectivity index (χ4n) is 5.90. The normalized spacial score (nSPS) is 24.6. The van der Waals surface area contributed by atoms with Gasteiger partial charge in [-0.3, -0.25) is 4.90 Å². The Morgan fingerprint density at radius 2 is 2.00 bits per heavy atom. The maximum atomic E-state index is 13.1. The average molecular weight is 483 g/mol. The minimum atomic E-state index is -3.16. The number of hydrogen-bond donors (Lipinski definition) is 2. The van der Waals surface area contributed by atoms with Gasteiger partial charge in [-0.2, -0.15) is 0 Å². The molecule has 0 saturated carbocycles. The van der Waals surface area contributed by atoms with E-state index >= 15 is 0 Å². The fraction of sp³-hybridized carbons (Fsp3) is 0.423. The first-order valence-electron chi connectivity index (χ1n) is 11.7. The van der Waals surface area contributed by atoms with Crippen LogP contribution in [-0.4, -0.2) is 53.5 Å². The number of aromatic nitrogens is 1. The molecule has 8 heteroatoms. The van der Waals surface area contributed by atoms with Crippen molar-refractivity contribution >= 4 is 26.7 Å². The summed E-state index contributed by atoms with van der Waals surface area (Å²) >= 11 is 0. The molecule has 2 fully saturated rings. The Morgan fingerprint density at radius 3 is 2.65 bits per heavy atom. The zero-order valence-electron chi connectivity index (χ0n) is 19.5. The lowest BCUT2D eigenvalue weighted by atomic mass is 9.83. The summed E-state index contributed by atoms with van der Waals surface area (Å²) in [5.41, 5.74) is 4.42. The van der Waals surface area contributed by atoms with Gasteiger partial charge in [0.1, 0.15) is 5.75 Å². The van der Waals surface area contributed by atoms with E-state index in [4.69, 9.17) is 4.74 Å². The lowest BCUT2D eigenvalue weighted by Gasteiger charge is -2.44. The van der Waals surface area contributed by atoms with Gasteiger partial charge in [0.15, 0.2) is 9.84 Å². The molecule has 180 valence electrons. The minimum absolute atomic E-state index is 0.135. The Bertz CT molecular complexity index is 1350. The number of piperidine rings is 1. The summed E-state index contributed by atoms with van der Waals surface area (Å²) in [5, 5.41) is 10.4. The van der Waals surface area contributed by atoms with Crippen LogP contribution < -0.4 is 4.74 Å². The van der Waals surface area contributed by atoms with E-state index in [0.29, 0.717) is 38.8 Å². The maximum Gasteiger partial charge on any atom is 0.335 e. The Hall–Kier alpha value is -2.84. The number of ether oxygens (including phenoxy) is 1. The smallest absolute Gasteiger partial charge is 0.335 e. The number of likely N-dealkylation sites (tertiary alicyclic amines) is 1. The molecule has 1 spiro atoms. The van der Waals surface area contributed by atoms with Crippen LogP contribution in [0.2, 0.25) is 0 Å². The summed E-state index contributed by atoms with van der Waals surface area (Å²) in [7, 11) is -1.49. The van der Waals surface area contributed by atoms with Crippen LogP contribution in [0.3, 0.4) is 0 Å². The molecule has 2 saturated heterocycles. The maximum absolute atomic E-state index is 13.1. The van der Waals surface area contributed by atoms with E-state index in [-0.39, 0.29) is 17.4 Å². The number of aryl methyl sites for hydroxylation is 1. The van der Waals surface area contributed by atoms with Crippen LogP contribution in [0, 0.1) is 6.92 Å². The lowest BCUT2D eigenvalue weighted by molar-refractivity contribution is 0.0696. The van der Waals surface area contributed by atoms with Crippen LogP contribution in [0.4, 0.5) is 0 Å². The van der Waals surface area contributed by atoms with Crippen LogP contribution in [0.15, 0.2) is 42.6 Å². The van der Waals surface area contributed by atoms with Gasteiger partial charge in [-0.1, -0.05) is 12.1 Å². The monoisotopic (exact) mass is 482 g/mol. The van der Waals surface area contributed by atoms with E-state index in [1.54, 1.807) is 19.2 Å². The summed E-state index contributed by atoms with van der Waals surface area (Å²) in [4.78, 5) is 17.0. The molecule has 2 aliphatic heterocycles. The van der Waals surface area contributed by atoms with E-state index in [0.717, 1.165) is 33.3 Å². The number of sulfone groups is 1. The van der Waals surface area contributed by atoms with E-state index < -0.39 is 20.6 Å². The second-order valence-corrected chi connectivity index (χ2v) is 12.1. The van der Waals surface area contributed by atoms with Gasteiger partial charge in [0.05, 0.1) is 23.2 Å². The van der Waals surface area contributed by atoms with Crippen LogP contribution in [0.5, 0.6) is 5.75 Å². The molecule has 0 bridgehead atoms. The largest absolute Gasteiger partial charge is 0.496 e. The minimum Gasteiger partial charge on any atom is -0.496 e. The van der Waals surface area contributed by atoms with Crippen molar-refractivity contribution in [3.63, 3.8) is 0 Å². The van der Waals surface area contributed by atoms with Crippen LogP contribution in [0.25, 0.3) is 10.9 Å². The Balaban J connectivity index is 1.56. The summed E-state index contributed by atoms with van der Waals surface area (Å²) in [6.45, 7) is 3.31. The highest BCUT2D eigenvalue weighted by molar-refractivity contribution is 7.93. The number of methoxy groups -OCH3 is 1. The predicted molar refractivity (Wildman–Crippen MR) is 131 cm³/mol. The van der Waals surface area contributed by atoms with Crippen molar-refractivity contribution in [1.82, 2.24) is 9.88 Å². The highest BCUT2D eigenvalue weighted by Crippen LogP contribution is 2.48. The zero-order valence-corrected chi connectivity index (χ0v) is 20.3. The molecule has 2 aromatic carbocycles. The Kier molecular flexibility index (Phi) is 5.68. The highest BCUT2D eigenvalue weighted by atomic mass is 32.2. The molecule has 0 radical (unpaired) electrons. The molecular weight excluding hydrogens is 452 g/mol. The third kappa shape index (κ3) is 3.69. The number of carboxylic acid groups (broad SMARTS) is 1. The number of fused-ring (bicyclic) bond motifs is 1. The fourth-order valence-corrected chi connectivity index (χ4v) is 8.13. The first-order valence-corrected chi connectivity index (χ1v) is 13.3. The third-order valence-electron chi connectivity index (χ3n) is 7.80. The molecule has 0 aliphatic carbocycles. The number of nitrogens with one attached hydrogen (secondary N) is 1. The van der Waals surface area contributed by atoms with Crippen molar-refractivity contribution in [2.75, 3.05) is 19.4 Å². The first-order chi connectivity index (χ1) is 16.2. The highest BCUT2D eigenvalue weighted by Gasteiger charge is 2.52. The number of H-pyrrole nitrogens is 1. The molecule has 3 aromatic rings. The molecule has 2 N–H and O–H groups in total. The SMILES string of the molecule is COc1cc(C)c2[nH]ccc2c1CN1CCC2(CCCS2(=O)=O)C[C@H]1c1ccc(C(=O)O)cc1. The molecule has 2 aliphatic rings. The number of carboxylic acids is 1. The van der Waals surface area contributed by atoms with Crippen molar-refractivity contribution in [2.24, 2.45) is 0 Å². The summed E-state index contributed by atoms with van der Waals surface area (Å²) in [6, 6.07) is 10.8. The quantitative estimate of drug-likeness (QED) is 0.557. The van der Waals surface area contributed by atoms with Gasteiger partial charge in [0, 0.05) is 41.8 Å². The van der Waals surface area contributed by atoms with Gasteiger partial charge in [0.2, 0.25) is 0 Å². The van der Waals surface area contributed by atoms with E-state index in [1.807, 2.05) is 31.3 Å². The molecule has 3 heterocycles. The van der Waals surface area contributed by atoms with Gasteiger partial charge in [-0.15, -0.1) is 0 Å². The molecule has 1 unspecified atom stereocenters. The second kappa shape index (κ2) is 8.43. The van der Waals surface area contributed by atoms with Crippen LogP contribution in [-0.2, 0) is 16.4 Å². The molecule has 34 heavy (non-hydrogen) atoms. The van der Waals surface area contributed by atoms with Gasteiger partial charge in [-0.25, -0.2) is 13.2 Å².